The van der Waals surface area contributed by atoms with E-state index in [4.69, 9.17) is 10.8 Å². The fourth-order valence-corrected chi connectivity index (χ4v) is 1.72. The van der Waals surface area contributed by atoms with Crippen LogP contribution in [0.5, 0.6) is 0 Å². The number of anilines is 1. The van der Waals surface area contributed by atoms with Gasteiger partial charge in [0, 0.05) is 24.0 Å². The van der Waals surface area contributed by atoms with E-state index in [9.17, 15) is 4.79 Å². The van der Waals surface area contributed by atoms with Gasteiger partial charge in [-0.25, -0.2) is 9.78 Å². The summed E-state index contributed by atoms with van der Waals surface area (Å²) in [7, 11) is 1.79. The molecule has 0 aliphatic rings. The van der Waals surface area contributed by atoms with E-state index in [2.05, 4.69) is 4.98 Å². The predicted octanol–water partition coefficient (Wildman–Crippen LogP) is 1.68. The molecule has 88 valence electrons. The van der Waals surface area contributed by atoms with Crippen LogP contribution in [0.4, 0.5) is 5.69 Å². The molecule has 0 amide bonds. The van der Waals surface area contributed by atoms with Crippen LogP contribution in [0.1, 0.15) is 16.2 Å². The number of rotatable bonds is 2. The molecule has 0 spiro atoms. The lowest BCUT2D eigenvalue weighted by atomic mass is 10.2. The van der Waals surface area contributed by atoms with Crippen LogP contribution in [0.3, 0.4) is 0 Å². The van der Waals surface area contributed by atoms with Gasteiger partial charge in [-0.05, 0) is 19.1 Å². The van der Waals surface area contributed by atoms with E-state index in [0.717, 1.165) is 5.56 Å². The van der Waals surface area contributed by atoms with Gasteiger partial charge in [-0.15, -0.1) is 0 Å². The van der Waals surface area contributed by atoms with E-state index in [-0.39, 0.29) is 5.69 Å². The molecular weight excluding hydrogens is 218 g/mol. The monoisotopic (exact) mass is 231 g/mol. The third-order valence-corrected chi connectivity index (χ3v) is 2.73. The van der Waals surface area contributed by atoms with Gasteiger partial charge in [0.2, 0.25) is 0 Å². The highest BCUT2D eigenvalue weighted by Crippen LogP contribution is 2.22. The number of carboxylic acids is 1. The van der Waals surface area contributed by atoms with Crippen LogP contribution in [0.15, 0.2) is 24.3 Å². The third-order valence-electron chi connectivity index (χ3n) is 2.73. The van der Waals surface area contributed by atoms with E-state index in [1.807, 2.05) is 12.1 Å². The van der Waals surface area contributed by atoms with Crippen molar-refractivity contribution in [2.24, 2.45) is 7.05 Å². The lowest BCUT2D eigenvalue weighted by Crippen LogP contribution is -2.00. The summed E-state index contributed by atoms with van der Waals surface area (Å²) in [6.45, 7) is 1.73. The van der Waals surface area contributed by atoms with E-state index < -0.39 is 5.97 Å². The fraction of sp³-hybridized carbons (Fsp3) is 0.167. The van der Waals surface area contributed by atoms with Crippen LogP contribution in [0, 0.1) is 6.92 Å². The second-order valence-electron chi connectivity index (χ2n) is 3.86. The Bertz CT molecular complexity index is 587. The van der Waals surface area contributed by atoms with Crippen LogP contribution < -0.4 is 5.73 Å². The number of hydrogen-bond donors (Lipinski definition) is 2. The van der Waals surface area contributed by atoms with E-state index in [1.165, 1.54) is 0 Å². The molecule has 1 aromatic heterocycles. The fourth-order valence-electron chi connectivity index (χ4n) is 1.72. The van der Waals surface area contributed by atoms with Gasteiger partial charge >= 0.3 is 5.97 Å². The molecule has 0 unspecified atom stereocenters. The third kappa shape index (κ3) is 1.87. The number of hydrogen-bond acceptors (Lipinski definition) is 3. The number of aromatic nitrogens is 2. The van der Waals surface area contributed by atoms with Gasteiger partial charge in [0.25, 0.3) is 0 Å². The van der Waals surface area contributed by atoms with Crippen molar-refractivity contribution in [3.05, 3.63) is 35.7 Å². The lowest BCUT2D eigenvalue weighted by molar-refractivity contribution is 0.0690. The molecule has 5 heteroatoms. The first kappa shape index (κ1) is 11.2. The predicted molar refractivity (Wildman–Crippen MR) is 64.8 cm³/mol. The van der Waals surface area contributed by atoms with Crippen molar-refractivity contribution >= 4 is 11.7 Å². The second kappa shape index (κ2) is 3.93. The quantitative estimate of drug-likeness (QED) is 0.770. The largest absolute Gasteiger partial charge is 0.476 e. The highest BCUT2D eigenvalue weighted by Gasteiger charge is 2.17. The Morgan fingerprint density at radius 3 is 2.71 bits per heavy atom. The molecule has 0 bridgehead atoms. The number of imidazole rings is 1. The molecule has 2 aromatic rings. The summed E-state index contributed by atoms with van der Waals surface area (Å²) in [5, 5.41) is 9.00. The molecule has 3 N–H and O–H groups in total. The van der Waals surface area contributed by atoms with Crippen molar-refractivity contribution in [1.29, 1.82) is 0 Å². The second-order valence-corrected chi connectivity index (χ2v) is 3.86. The van der Waals surface area contributed by atoms with Crippen molar-refractivity contribution < 1.29 is 9.90 Å². The maximum absolute atomic E-state index is 11.0. The van der Waals surface area contributed by atoms with Crippen LogP contribution in [0.25, 0.3) is 11.4 Å². The molecule has 2 rings (SSSR count). The molecular formula is C12H13N3O2. The van der Waals surface area contributed by atoms with Crippen LogP contribution >= 0.6 is 0 Å². The van der Waals surface area contributed by atoms with Gasteiger partial charge in [0.1, 0.15) is 5.82 Å². The number of nitrogens with two attached hydrogens (primary N) is 1. The molecule has 1 heterocycles. The first-order valence-corrected chi connectivity index (χ1v) is 5.13. The van der Waals surface area contributed by atoms with Crippen molar-refractivity contribution in [1.82, 2.24) is 9.55 Å². The summed E-state index contributed by atoms with van der Waals surface area (Å²) in [4.78, 5) is 15.1. The van der Waals surface area contributed by atoms with Gasteiger partial charge in [-0.1, -0.05) is 12.1 Å². The Labute approximate surface area is 98.5 Å². The summed E-state index contributed by atoms with van der Waals surface area (Å²) in [5.41, 5.74) is 7.83. The zero-order valence-corrected chi connectivity index (χ0v) is 9.64. The Hall–Kier alpha value is -2.30. The van der Waals surface area contributed by atoms with Crippen LogP contribution in [0.2, 0.25) is 0 Å². The Balaban J connectivity index is 2.61. The average molecular weight is 231 g/mol. The maximum atomic E-state index is 11.0. The molecule has 0 atom stereocenters. The lowest BCUT2D eigenvalue weighted by Gasteiger charge is -2.03. The molecule has 0 saturated heterocycles. The zero-order valence-electron chi connectivity index (χ0n) is 9.64. The first-order chi connectivity index (χ1) is 8.00. The van der Waals surface area contributed by atoms with Gasteiger partial charge in [0.05, 0.1) is 0 Å². The van der Waals surface area contributed by atoms with Crippen LogP contribution in [-0.4, -0.2) is 20.6 Å². The number of aromatic carboxylic acids is 1. The Morgan fingerprint density at radius 1 is 1.47 bits per heavy atom. The molecule has 1 aromatic carbocycles. The minimum atomic E-state index is -1.02. The number of nitrogens with zero attached hydrogens (tertiary/aromatic N) is 2. The highest BCUT2D eigenvalue weighted by atomic mass is 16.4. The highest BCUT2D eigenvalue weighted by molar-refractivity contribution is 5.87. The summed E-state index contributed by atoms with van der Waals surface area (Å²) < 4.78 is 1.75. The number of nitrogen functional groups attached to an aromatic ring is 1. The summed E-state index contributed by atoms with van der Waals surface area (Å²) in [6, 6.07) is 7.21. The molecule has 0 aliphatic carbocycles. The van der Waals surface area contributed by atoms with Crippen LogP contribution in [-0.2, 0) is 7.05 Å². The van der Waals surface area contributed by atoms with Gasteiger partial charge in [-0.2, -0.15) is 0 Å². The van der Waals surface area contributed by atoms with E-state index in [1.54, 1.807) is 30.7 Å². The van der Waals surface area contributed by atoms with Gasteiger partial charge < -0.3 is 15.4 Å². The first-order valence-electron chi connectivity index (χ1n) is 5.13. The zero-order chi connectivity index (χ0) is 12.6. The van der Waals surface area contributed by atoms with E-state index in [0.29, 0.717) is 17.2 Å². The SMILES string of the molecule is Cc1c(C(=O)O)nc(-c2cccc(N)c2)n1C. The van der Waals surface area contributed by atoms with Crippen molar-refractivity contribution in [2.45, 2.75) is 6.92 Å². The normalized spacial score (nSPS) is 10.5. The number of benzene rings is 1. The summed E-state index contributed by atoms with van der Waals surface area (Å²) in [6.07, 6.45) is 0. The standard InChI is InChI=1S/C12H13N3O2/c1-7-10(12(16)17)14-11(15(7)2)8-4-3-5-9(13)6-8/h3-6H,13H2,1-2H3,(H,16,17). The molecule has 0 aliphatic heterocycles. The Kier molecular flexibility index (Phi) is 2.59. The topological polar surface area (TPSA) is 81.1 Å². The summed E-state index contributed by atoms with van der Waals surface area (Å²) in [5.74, 6) is -0.416. The Morgan fingerprint density at radius 2 is 2.18 bits per heavy atom. The smallest absolute Gasteiger partial charge is 0.356 e. The molecule has 5 nitrogen and oxygen atoms in total. The molecule has 0 saturated carbocycles. The number of carbonyl (C=O) groups is 1. The average Bonchev–Trinajstić information content (AvgIpc) is 2.56. The van der Waals surface area contributed by atoms with Crippen molar-refractivity contribution in [3.63, 3.8) is 0 Å². The minimum Gasteiger partial charge on any atom is -0.476 e. The van der Waals surface area contributed by atoms with Crippen molar-refractivity contribution in [3.8, 4) is 11.4 Å². The van der Waals surface area contributed by atoms with E-state index >= 15 is 0 Å². The van der Waals surface area contributed by atoms with Gasteiger partial charge in [-0.3, -0.25) is 0 Å². The molecule has 17 heavy (non-hydrogen) atoms. The number of carboxylic acid groups (broad SMARTS) is 1. The molecule has 0 radical (unpaired) electrons. The van der Waals surface area contributed by atoms with Crippen molar-refractivity contribution in [2.75, 3.05) is 5.73 Å². The summed E-state index contributed by atoms with van der Waals surface area (Å²) >= 11 is 0. The minimum absolute atomic E-state index is 0.0740. The maximum Gasteiger partial charge on any atom is 0.356 e. The molecule has 0 fully saturated rings. The van der Waals surface area contributed by atoms with Gasteiger partial charge in [0.15, 0.2) is 5.69 Å².